The van der Waals surface area contributed by atoms with Crippen LogP contribution in [0.4, 0.5) is 0 Å². The average molecular weight is 400 g/mol. The Hall–Kier alpha value is -2.28. The molecule has 4 amide bonds. The van der Waals surface area contributed by atoms with Gasteiger partial charge < -0.3 is 0 Å². The molecular formula is C16H32N8O4. The molecule has 0 aliphatic carbocycles. The van der Waals surface area contributed by atoms with Gasteiger partial charge in [0.2, 0.25) is 23.6 Å². The van der Waals surface area contributed by atoms with Gasteiger partial charge in [-0.3, -0.25) is 40.9 Å². The van der Waals surface area contributed by atoms with Crippen LogP contribution < -0.4 is 21.7 Å². The fraction of sp³-hybridized carbons (Fsp3) is 0.750. The standard InChI is InChI=1S/C16H32N8O4/c1-13(25)17-21-5-7-22(18-14(2)26)9-11-24(20-16(4)28)12-10-23(8-6-21)19-15(3)27/h5-12H2,1-4H3,(H,17,25)(H,18,26)(H,19,27)(H,20,28). The summed E-state index contributed by atoms with van der Waals surface area (Å²) in [4.78, 5) is 45.9. The van der Waals surface area contributed by atoms with E-state index < -0.39 is 0 Å². The number of carbonyl (C=O) groups excluding carboxylic acids is 4. The van der Waals surface area contributed by atoms with Crippen LogP contribution in [-0.2, 0) is 19.2 Å². The molecule has 0 spiro atoms. The fourth-order valence-electron chi connectivity index (χ4n) is 2.75. The van der Waals surface area contributed by atoms with Crippen LogP contribution >= 0.6 is 0 Å². The number of hydrogen-bond donors (Lipinski definition) is 4. The van der Waals surface area contributed by atoms with Crippen LogP contribution in [0.1, 0.15) is 27.7 Å². The highest BCUT2D eigenvalue weighted by Crippen LogP contribution is 1.96. The van der Waals surface area contributed by atoms with Gasteiger partial charge in [-0.1, -0.05) is 0 Å². The summed E-state index contributed by atoms with van der Waals surface area (Å²) in [5.74, 6) is -0.774. The van der Waals surface area contributed by atoms with E-state index in [-0.39, 0.29) is 23.6 Å². The largest absolute Gasteiger partial charge is 0.289 e. The van der Waals surface area contributed by atoms with Crippen LogP contribution in [0.5, 0.6) is 0 Å². The molecule has 1 aliphatic rings. The second-order valence-corrected chi connectivity index (χ2v) is 6.62. The highest BCUT2D eigenvalue weighted by molar-refractivity contribution is 5.73. The zero-order chi connectivity index (χ0) is 21.1. The summed E-state index contributed by atoms with van der Waals surface area (Å²) in [5.41, 5.74) is 11.1. The van der Waals surface area contributed by atoms with E-state index in [1.807, 2.05) is 0 Å². The minimum atomic E-state index is -0.193. The Bertz CT molecular complexity index is 447. The molecule has 0 aromatic rings. The summed E-state index contributed by atoms with van der Waals surface area (Å²) in [6.45, 7) is 9.45. The van der Waals surface area contributed by atoms with Gasteiger partial charge in [-0.15, -0.1) is 0 Å². The molecule has 28 heavy (non-hydrogen) atoms. The molecule has 1 aliphatic heterocycles. The maximum Gasteiger partial charge on any atom is 0.231 e. The van der Waals surface area contributed by atoms with E-state index in [4.69, 9.17) is 0 Å². The SMILES string of the molecule is CC(=O)NN1CCN(NC(C)=O)CCN(NC(C)=O)CCN(NC(C)=O)CC1. The van der Waals surface area contributed by atoms with Crippen LogP contribution in [0.2, 0.25) is 0 Å². The lowest BCUT2D eigenvalue weighted by molar-refractivity contribution is -0.128. The van der Waals surface area contributed by atoms with Crippen LogP contribution in [0, 0.1) is 0 Å². The van der Waals surface area contributed by atoms with Crippen molar-refractivity contribution in [2.24, 2.45) is 0 Å². The minimum absolute atomic E-state index is 0.193. The first-order chi connectivity index (χ1) is 13.2. The molecule has 4 N–H and O–H groups in total. The molecule has 0 unspecified atom stereocenters. The second-order valence-electron chi connectivity index (χ2n) is 6.62. The lowest BCUT2D eigenvalue weighted by atomic mass is 10.4. The van der Waals surface area contributed by atoms with Crippen molar-refractivity contribution < 1.29 is 19.2 Å². The number of hydrogen-bond acceptors (Lipinski definition) is 8. The van der Waals surface area contributed by atoms with E-state index in [1.54, 1.807) is 20.0 Å². The predicted molar refractivity (Wildman–Crippen MR) is 102 cm³/mol. The zero-order valence-electron chi connectivity index (χ0n) is 17.1. The lowest BCUT2D eigenvalue weighted by Crippen LogP contribution is -2.57. The molecule has 0 aromatic carbocycles. The van der Waals surface area contributed by atoms with Crippen molar-refractivity contribution in [3.05, 3.63) is 0 Å². The Morgan fingerprint density at radius 3 is 0.679 bits per heavy atom. The zero-order valence-corrected chi connectivity index (χ0v) is 17.1. The monoisotopic (exact) mass is 400 g/mol. The van der Waals surface area contributed by atoms with Crippen molar-refractivity contribution >= 4 is 23.6 Å². The van der Waals surface area contributed by atoms with Crippen molar-refractivity contribution in [2.45, 2.75) is 27.7 Å². The molecule has 0 aromatic heterocycles. The van der Waals surface area contributed by atoms with Gasteiger partial charge in [0.15, 0.2) is 0 Å². The minimum Gasteiger partial charge on any atom is -0.289 e. The van der Waals surface area contributed by atoms with Gasteiger partial charge >= 0.3 is 0 Å². The predicted octanol–water partition coefficient (Wildman–Crippen LogP) is -2.59. The average Bonchev–Trinajstić information content (AvgIpc) is 2.55. The van der Waals surface area contributed by atoms with Crippen LogP contribution in [0.3, 0.4) is 0 Å². The number of hydrazine groups is 4. The van der Waals surface area contributed by atoms with Gasteiger partial charge in [-0.05, 0) is 0 Å². The first-order valence-electron chi connectivity index (χ1n) is 9.24. The molecule has 12 nitrogen and oxygen atoms in total. The third-order valence-corrected chi connectivity index (χ3v) is 3.82. The number of nitrogens with zero attached hydrogens (tertiary/aromatic N) is 4. The second kappa shape index (κ2) is 12.2. The van der Waals surface area contributed by atoms with Crippen molar-refractivity contribution in [3.8, 4) is 0 Å². The first kappa shape index (κ1) is 23.8. The van der Waals surface area contributed by atoms with Crippen molar-refractivity contribution in [2.75, 3.05) is 52.4 Å². The lowest BCUT2D eigenvalue weighted by Gasteiger charge is -2.34. The smallest absolute Gasteiger partial charge is 0.231 e. The molecule has 0 radical (unpaired) electrons. The van der Waals surface area contributed by atoms with Gasteiger partial charge in [-0.2, -0.15) is 0 Å². The third kappa shape index (κ3) is 10.8. The Kier molecular flexibility index (Phi) is 10.4. The molecule has 1 rings (SSSR count). The number of rotatable bonds is 4. The fourth-order valence-corrected chi connectivity index (χ4v) is 2.75. The Labute approximate surface area is 165 Å². The molecule has 0 atom stereocenters. The van der Waals surface area contributed by atoms with Crippen LogP contribution in [0.15, 0.2) is 0 Å². The molecule has 1 fully saturated rings. The van der Waals surface area contributed by atoms with Gasteiger partial charge in [0.1, 0.15) is 0 Å². The van der Waals surface area contributed by atoms with Crippen molar-refractivity contribution in [1.29, 1.82) is 0 Å². The van der Waals surface area contributed by atoms with Crippen molar-refractivity contribution in [3.63, 3.8) is 0 Å². The number of nitrogens with one attached hydrogen (secondary N) is 4. The summed E-state index contributed by atoms with van der Waals surface area (Å²) < 4.78 is 0. The third-order valence-electron chi connectivity index (χ3n) is 3.82. The summed E-state index contributed by atoms with van der Waals surface area (Å²) in [6, 6.07) is 0. The molecule has 1 saturated heterocycles. The summed E-state index contributed by atoms with van der Waals surface area (Å²) in [5, 5.41) is 7.00. The maximum absolute atomic E-state index is 11.5. The van der Waals surface area contributed by atoms with Gasteiger partial charge in [-0.25, -0.2) is 20.0 Å². The molecule has 0 saturated carbocycles. The molecule has 160 valence electrons. The molecular weight excluding hydrogens is 368 g/mol. The van der Waals surface area contributed by atoms with Gasteiger partial charge in [0.05, 0.1) is 0 Å². The summed E-state index contributed by atoms with van der Waals surface area (Å²) in [7, 11) is 0. The van der Waals surface area contributed by atoms with E-state index in [1.165, 1.54) is 27.7 Å². The number of amides is 4. The van der Waals surface area contributed by atoms with Gasteiger partial charge in [0.25, 0.3) is 0 Å². The van der Waals surface area contributed by atoms with Gasteiger partial charge in [0, 0.05) is 80.1 Å². The van der Waals surface area contributed by atoms with E-state index in [0.717, 1.165) is 0 Å². The first-order valence-corrected chi connectivity index (χ1v) is 9.24. The number of carbonyl (C=O) groups is 4. The quantitative estimate of drug-likeness (QED) is 0.405. The van der Waals surface area contributed by atoms with E-state index in [2.05, 4.69) is 21.7 Å². The highest BCUT2D eigenvalue weighted by Gasteiger charge is 2.18. The highest BCUT2D eigenvalue weighted by atomic mass is 16.2. The van der Waals surface area contributed by atoms with E-state index in [0.29, 0.717) is 52.4 Å². The summed E-state index contributed by atoms with van der Waals surface area (Å²) in [6.07, 6.45) is 0. The van der Waals surface area contributed by atoms with Crippen LogP contribution in [-0.4, -0.2) is 96.0 Å². The summed E-state index contributed by atoms with van der Waals surface area (Å²) >= 11 is 0. The van der Waals surface area contributed by atoms with Crippen LogP contribution in [0.25, 0.3) is 0 Å². The topological polar surface area (TPSA) is 129 Å². The molecule has 12 heteroatoms. The van der Waals surface area contributed by atoms with Crippen molar-refractivity contribution in [1.82, 2.24) is 41.7 Å². The van der Waals surface area contributed by atoms with E-state index in [9.17, 15) is 19.2 Å². The Balaban J connectivity index is 2.90. The van der Waals surface area contributed by atoms with E-state index >= 15 is 0 Å². The normalized spacial score (nSPS) is 19.0. The Morgan fingerprint density at radius 1 is 0.429 bits per heavy atom. The Morgan fingerprint density at radius 2 is 0.571 bits per heavy atom. The molecule has 0 bridgehead atoms. The molecule has 1 heterocycles. The maximum atomic E-state index is 11.5.